The highest BCUT2D eigenvalue weighted by Gasteiger charge is 2.20. The number of nitrogens with zero attached hydrogens (tertiary/aromatic N) is 2. The molecule has 0 saturated carbocycles. The van der Waals surface area contributed by atoms with Crippen molar-refractivity contribution >= 4 is 6.09 Å². The summed E-state index contributed by atoms with van der Waals surface area (Å²) in [6, 6.07) is 0. The van der Waals surface area contributed by atoms with Crippen molar-refractivity contribution in [2.75, 3.05) is 13.1 Å². The van der Waals surface area contributed by atoms with Crippen LogP contribution in [0.25, 0.3) is 0 Å². The highest BCUT2D eigenvalue weighted by molar-refractivity contribution is 5.70. The minimum absolute atomic E-state index is 0.372. The van der Waals surface area contributed by atoms with Crippen molar-refractivity contribution in [3.63, 3.8) is 0 Å². The van der Waals surface area contributed by atoms with E-state index in [1.807, 2.05) is 20.8 Å². The summed E-state index contributed by atoms with van der Waals surface area (Å²) < 4.78 is 6.66. The lowest BCUT2D eigenvalue weighted by Gasteiger charge is -2.26. The molecule has 1 aliphatic rings. The summed E-state index contributed by atoms with van der Waals surface area (Å²) in [5.74, 6) is 0.650. The van der Waals surface area contributed by atoms with Crippen LogP contribution in [0.1, 0.15) is 26.5 Å². The molecule has 1 saturated heterocycles. The Bertz CT molecular complexity index is 402. The van der Waals surface area contributed by atoms with E-state index in [-0.39, 0.29) is 6.09 Å². The van der Waals surface area contributed by atoms with Crippen LogP contribution < -0.4 is 5.32 Å². The molecule has 0 radical (unpaired) electrons. The average molecular weight is 237 g/mol. The van der Waals surface area contributed by atoms with Gasteiger partial charge in [0.25, 0.3) is 0 Å². The summed E-state index contributed by atoms with van der Waals surface area (Å²) in [6.45, 7) is 7.63. The Kier molecular flexibility index (Phi) is 3.19. The maximum atomic E-state index is 11.7. The molecule has 5 nitrogen and oxygen atoms in total. The summed E-state index contributed by atoms with van der Waals surface area (Å²) in [6.07, 6.45) is 3.83. The van der Waals surface area contributed by atoms with E-state index in [1.54, 1.807) is 6.20 Å². The predicted octanol–water partition coefficient (Wildman–Crippen LogP) is 1.43. The number of imidazole rings is 1. The Morgan fingerprint density at radius 1 is 1.59 bits per heavy atom. The van der Waals surface area contributed by atoms with Crippen LogP contribution in [0.3, 0.4) is 0 Å². The van der Waals surface area contributed by atoms with Crippen LogP contribution in [-0.4, -0.2) is 34.3 Å². The second kappa shape index (κ2) is 4.49. The van der Waals surface area contributed by atoms with Crippen LogP contribution in [0.2, 0.25) is 0 Å². The Hall–Kier alpha value is -1.36. The van der Waals surface area contributed by atoms with Crippen molar-refractivity contribution in [3.8, 4) is 0 Å². The number of carbonyl (C=O) groups is 1. The number of nitrogens with one attached hydrogen (secondary N) is 1. The summed E-state index contributed by atoms with van der Waals surface area (Å²) in [7, 11) is 0. The highest BCUT2D eigenvalue weighted by atomic mass is 16.6. The second-order valence-electron chi connectivity index (χ2n) is 5.48. The standard InChI is InChI=1S/C12H19N3O2/c1-12(2,3)17-11(16)15-7-10(14-8-15)4-9-5-13-6-9/h7-9,13H,4-6H2,1-3H3. The lowest BCUT2D eigenvalue weighted by atomic mass is 9.98. The molecule has 1 fully saturated rings. The molecule has 1 aliphatic heterocycles. The molecule has 2 heterocycles. The summed E-state index contributed by atoms with van der Waals surface area (Å²) in [4.78, 5) is 16.0. The van der Waals surface area contributed by atoms with E-state index >= 15 is 0 Å². The zero-order chi connectivity index (χ0) is 12.5. The molecule has 1 aromatic heterocycles. The lowest BCUT2D eigenvalue weighted by molar-refractivity contribution is 0.0536. The zero-order valence-corrected chi connectivity index (χ0v) is 10.6. The van der Waals surface area contributed by atoms with E-state index in [9.17, 15) is 4.79 Å². The molecule has 2 rings (SSSR count). The smallest absolute Gasteiger partial charge is 0.419 e. The van der Waals surface area contributed by atoms with E-state index in [0.29, 0.717) is 5.92 Å². The molecule has 0 unspecified atom stereocenters. The largest absolute Gasteiger partial charge is 0.443 e. The third-order valence-electron chi connectivity index (χ3n) is 2.60. The minimum atomic E-state index is -0.473. The van der Waals surface area contributed by atoms with Gasteiger partial charge in [0.1, 0.15) is 11.9 Å². The molecule has 94 valence electrons. The molecule has 1 N–H and O–H groups in total. The van der Waals surface area contributed by atoms with Crippen LogP contribution in [0.15, 0.2) is 12.5 Å². The summed E-state index contributed by atoms with van der Waals surface area (Å²) in [5.41, 5.74) is 0.474. The van der Waals surface area contributed by atoms with Gasteiger partial charge in [0.2, 0.25) is 0 Å². The lowest BCUT2D eigenvalue weighted by Crippen LogP contribution is -2.43. The first-order valence-electron chi connectivity index (χ1n) is 5.91. The van der Waals surface area contributed by atoms with Gasteiger partial charge in [-0.05, 0) is 46.2 Å². The van der Waals surface area contributed by atoms with Crippen LogP contribution in [0.4, 0.5) is 4.79 Å². The van der Waals surface area contributed by atoms with Gasteiger partial charge in [0.15, 0.2) is 0 Å². The number of carbonyl (C=O) groups excluding carboxylic acids is 1. The monoisotopic (exact) mass is 237 g/mol. The topological polar surface area (TPSA) is 56.2 Å². The Morgan fingerprint density at radius 3 is 2.82 bits per heavy atom. The van der Waals surface area contributed by atoms with Gasteiger partial charge in [-0.2, -0.15) is 0 Å². The molecule has 0 aliphatic carbocycles. The summed E-state index contributed by atoms with van der Waals surface area (Å²) >= 11 is 0. The number of aromatic nitrogens is 2. The van der Waals surface area contributed by atoms with Crippen molar-refractivity contribution in [3.05, 3.63) is 18.2 Å². The number of hydrogen-bond donors (Lipinski definition) is 1. The van der Waals surface area contributed by atoms with E-state index < -0.39 is 5.60 Å². The van der Waals surface area contributed by atoms with Crippen LogP contribution in [0.5, 0.6) is 0 Å². The van der Waals surface area contributed by atoms with E-state index in [0.717, 1.165) is 25.2 Å². The van der Waals surface area contributed by atoms with Crippen molar-refractivity contribution in [1.29, 1.82) is 0 Å². The number of ether oxygens (including phenoxy) is 1. The maximum absolute atomic E-state index is 11.7. The normalized spacial score (nSPS) is 16.6. The van der Waals surface area contributed by atoms with Gasteiger partial charge in [0.05, 0.1) is 5.69 Å². The SMILES string of the molecule is CC(C)(C)OC(=O)n1cnc(CC2CNC2)c1. The van der Waals surface area contributed by atoms with Gasteiger partial charge >= 0.3 is 6.09 Å². The third-order valence-corrected chi connectivity index (χ3v) is 2.60. The van der Waals surface area contributed by atoms with Gasteiger partial charge in [-0.3, -0.25) is 0 Å². The molecule has 0 spiro atoms. The van der Waals surface area contributed by atoms with Crippen molar-refractivity contribution in [1.82, 2.24) is 14.9 Å². The van der Waals surface area contributed by atoms with Crippen LogP contribution >= 0.6 is 0 Å². The highest BCUT2D eigenvalue weighted by Crippen LogP contribution is 2.12. The number of rotatable bonds is 2. The number of hydrogen-bond acceptors (Lipinski definition) is 4. The van der Waals surface area contributed by atoms with Gasteiger partial charge in [-0.25, -0.2) is 14.3 Å². The molecule has 0 amide bonds. The average Bonchev–Trinajstić information content (AvgIpc) is 2.56. The van der Waals surface area contributed by atoms with Gasteiger partial charge in [0, 0.05) is 6.20 Å². The Morgan fingerprint density at radius 2 is 2.29 bits per heavy atom. The molecular weight excluding hydrogens is 218 g/mol. The molecule has 0 aromatic carbocycles. The first kappa shape index (κ1) is 12.1. The third kappa shape index (κ3) is 3.30. The van der Waals surface area contributed by atoms with E-state index in [2.05, 4.69) is 10.3 Å². The maximum Gasteiger partial charge on any atom is 0.419 e. The Labute approximate surface area is 101 Å². The van der Waals surface area contributed by atoms with Crippen molar-refractivity contribution in [2.45, 2.75) is 32.8 Å². The van der Waals surface area contributed by atoms with Crippen molar-refractivity contribution < 1.29 is 9.53 Å². The fourth-order valence-electron chi connectivity index (χ4n) is 1.67. The first-order valence-corrected chi connectivity index (χ1v) is 5.91. The molecule has 17 heavy (non-hydrogen) atoms. The van der Waals surface area contributed by atoms with Gasteiger partial charge in [-0.1, -0.05) is 0 Å². The zero-order valence-electron chi connectivity index (χ0n) is 10.6. The molecular formula is C12H19N3O2. The van der Waals surface area contributed by atoms with Crippen LogP contribution in [-0.2, 0) is 11.2 Å². The fourth-order valence-corrected chi connectivity index (χ4v) is 1.67. The quantitative estimate of drug-likeness (QED) is 0.845. The van der Waals surface area contributed by atoms with Crippen LogP contribution in [0, 0.1) is 5.92 Å². The molecule has 5 heteroatoms. The van der Waals surface area contributed by atoms with Gasteiger partial charge < -0.3 is 10.1 Å². The van der Waals surface area contributed by atoms with Crippen molar-refractivity contribution in [2.24, 2.45) is 5.92 Å². The molecule has 0 atom stereocenters. The minimum Gasteiger partial charge on any atom is -0.443 e. The molecule has 1 aromatic rings. The van der Waals surface area contributed by atoms with E-state index in [4.69, 9.17) is 4.74 Å². The first-order chi connectivity index (χ1) is 7.94. The predicted molar refractivity (Wildman–Crippen MR) is 63.9 cm³/mol. The summed E-state index contributed by atoms with van der Waals surface area (Å²) in [5, 5.41) is 3.22. The van der Waals surface area contributed by atoms with Gasteiger partial charge in [-0.15, -0.1) is 0 Å². The molecule has 0 bridgehead atoms. The van der Waals surface area contributed by atoms with E-state index in [1.165, 1.54) is 10.9 Å². The Balaban J connectivity index is 1.94. The second-order valence-corrected chi connectivity index (χ2v) is 5.48. The fraction of sp³-hybridized carbons (Fsp3) is 0.667.